The van der Waals surface area contributed by atoms with Crippen LogP contribution in [0.25, 0.3) is 21.3 Å². The molecule has 0 spiro atoms. The molecule has 1 atom stereocenters. The number of para-hydroxylation sites is 2. The van der Waals surface area contributed by atoms with Crippen LogP contribution in [0.15, 0.2) is 35.4 Å². The van der Waals surface area contributed by atoms with E-state index in [-0.39, 0.29) is 24.1 Å². The van der Waals surface area contributed by atoms with Crippen molar-refractivity contribution >= 4 is 38.5 Å². The van der Waals surface area contributed by atoms with Crippen molar-refractivity contribution in [2.45, 2.75) is 33.4 Å². The molecule has 1 amide bonds. The monoisotopic (exact) mass is 381 g/mol. The van der Waals surface area contributed by atoms with Gasteiger partial charge in [-0.25, -0.2) is 9.97 Å². The van der Waals surface area contributed by atoms with Gasteiger partial charge in [-0.15, -0.1) is 11.3 Å². The first kappa shape index (κ1) is 17.4. The third-order valence-corrected chi connectivity index (χ3v) is 5.78. The number of rotatable bonds is 4. The molecule has 0 saturated heterocycles. The number of aromatic nitrogens is 4. The Balaban J connectivity index is 1.54. The minimum Gasteiger partial charge on any atom is -0.345 e. The van der Waals surface area contributed by atoms with Crippen molar-refractivity contribution in [2.75, 3.05) is 0 Å². The summed E-state index contributed by atoms with van der Waals surface area (Å²) in [6.07, 6.45) is 1.44. The van der Waals surface area contributed by atoms with E-state index in [9.17, 15) is 9.59 Å². The molecule has 2 N–H and O–H groups in total. The van der Waals surface area contributed by atoms with E-state index in [2.05, 4.69) is 20.3 Å². The van der Waals surface area contributed by atoms with E-state index in [0.717, 1.165) is 21.5 Å². The van der Waals surface area contributed by atoms with Crippen LogP contribution >= 0.6 is 11.3 Å². The molecule has 0 aliphatic heterocycles. The molecule has 4 aromatic rings. The van der Waals surface area contributed by atoms with Crippen LogP contribution in [0.2, 0.25) is 0 Å². The number of aryl methyl sites for hydroxylation is 2. The Hall–Kier alpha value is -3.00. The Morgan fingerprint density at radius 1 is 1.33 bits per heavy atom. The molecule has 7 nitrogen and oxygen atoms in total. The van der Waals surface area contributed by atoms with E-state index in [1.807, 2.05) is 45.0 Å². The lowest BCUT2D eigenvalue weighted by atomic mass is 10.2. The molecular weight excluding hydrogens is 362 g/mol. The van der Waals surface area contributed by atoms with Crippen LogP contribution in [0.1, 0.15) is 29.2 Å². The normalized spacial score (nSPS) is 12.6. The predicted octanol–water partition coefficient (Wildman–Crippen LogP) is 2.83. The van der Waals surface area contributed by atoms with Gasteiger partial charge in [0.1, 0.15) is 17.2 Å². The number of imidazole rings is 1. The number of carbonyl (C=O) groups is 1. The van der Waals surface area contributed by atoms with Crippen LogP contribution < -0.4 is 10.9 Å². The molecule has 0 unspecified atom stereocenters. The number of H-pyrrole nitrogens is 1. The first-order valence-corrected chi connectivity index (χ1v) is 9.45. The maximum absolute atomic E-state index is 12.7. The molecule has 0 saturated carbocycles. The number of hydrogen-bond acceptors (Lipinski definition) is 5. The Labute approximate surface area is 159 Å². The van der Waals surface area contributed by atoms with Gasteiger partial charge in [-0.3, -0.25) is 14.2 Å². The first-order chi connectivity index (χ1) is 12.9. The number of hydrogen-bond donors (Lipinski definition) is 2. The quantitative estimate of drug-likeness (QED) is 0.568. The van der Waals surface area contributed by atoms with Crippen LogP contribution in [-0.4, -0.2) is 25.4 Å². The number of benzene rings is 1. The average molecular weight is 381 g/mol. The average Bonchev–Trinajstić information content (AvgIpc) is 3.19. The van der Waals surface area contributed by atoms with E-state index in [0.29, 0.717) is 16.0 Å². The highest BCUT2D eigenvalue weighted by Crippen LogP contribution is 2.25. The maximum Gasteiger partial charge on any atom is 0.262 e. The Morgan fingerprint density at radius 3 is 2.89 bits per heavy atom. The van der Waals surface area contributed by atoms with Crippen molar-refractivity contribution < 1.29 is 4.79 Å². The first-order valence-electron chi connectivity index (χ1n) is 8.63. The Morgan fingerprint density at radius 2 is 2.11 bits per heavy atom. The lowest BCUT2D eigenvalue weighted by Crippen LogP contribution is -2.34. The minimum atomic E-state index is -0.303. The van der Waals surface area contributed by atoms with Crippen LogP contribution in [0, 0.1) is 13.8 Å². The largest absolute Gasteiger partial charge is 0.345 e. The second-order valence-corrected chi connectivity index (χ2v) is 7.77. The third kappa shape index (κ3) is 3.12. The number of thiophene rings is 1. The fourth-order valence-electron chi connectivity index (χ4n) is 3.07. The van der Waals surface area contributed by atoms with Crippen molar-refractivity contribution in [3.8, 4) is 0 Å². The fraction of sp³-hybridized carbons (Fsp3) is 0.263. The van der Waals surface area contributed by atoms with Gasteiger partial charge in [-0.05, 0) is 38.5 Å². The summed E-state index contributed by atoms with van der Waals surface area (Å²) in [5, 5.41) is 3.48. The molecule has 0 radical (unpaired) electrons. The number of amides is 1. The molecule has 3 heterocycles. The third-order valence-electron chi connectivity index (χ3n) is 4.67. The number of nitrogens with one attached hydrogen (secondary N) is 2. The number of fused-ring (bicyclic) bond motifs is 2. The summed E-state index contributed by atoms with van der Waals surface area (Å²) in [6, 6.07) is 7.39. The Bertz CT molecular complexity index is 1190. The minimum absolute atomic E-state index is 0.0827. The topological polar surface area (TPSA) is 92.7 Å². The van der Waals surface area contributed by atoms with Crippen molar-refractivity contribution in [1.29, 1.82) is 0 Å². The summed E-state index contributed by atoms with van der Waals surface area (Å²) in [5.41, 5.74) is 2.51. The lowest BCUT2D eigenvalue weighted by Gasteiger charge is -2.12. The van der Waals surface area contributed by atoms with Gasteiger partial charge >= 0.3 is 0 Å². The summed E-state index contributed by atoms with van der Waals surface area (Å²) in [4.78, 5) is 39.0. The molecule has 0 aliphatic carbocycles. The lowest BCUT2D eigenvalue weighted by molar-refractivity contribution is -0.122. The van der Waals surface area contributed by atoms with E-state index in [4.69, 9.17) is 0 Å². The van der Waals surface area contributed by atoms with Crippen LogP contribution in [0.5, 0.6) is 0 Å². The standard InChI is InChI=1S/C19H19N5O2S/c1-10-12(3)27-18-16(10)19(26)24(9-20-18)8-15(25)21-11(2)17-22-13-6-4-5-7-14(13)23-17/h4-7,9,11H,8H2,1-3H3,(H,21,25)(H,22,23)/t11-/m1/s1. The van der Waals surface area contributed by atoms with Crippen molar-refractivity contribution in [3.63, 3.8) is 0 Å². The SMILES string of the molecule is Cc1sc2ncn(CC(=O)N[C@H](C)c3nc4ccccc4[nH]3)c(=O)c2c1C. The molecule has 0 fully saturated rings. The van der Waals surface area contributed by atoms with E-state index >= 15 is 0 Å². The zero-order valence-electron chi connectivity index (χ0n) is 15.2. The van der Waals surface area contributed by atoms with Crippen LogP contribution in [0.3, 0.4) is 0 Å². The second kappa shape index (κ2) is 6.62. The van der Waals surface area contributed by atoms with Gasteiger partial charge in [0.2, 0.25) is 5.91 Å². The molecule has 3 aromatic heterocycles. The maximum atomic E-state index is 12.7. The molecule has 0 bridgehead atoms. The summed E-state index contributed by atoms with van der Waals surface area (Å²) >= 11 is 1.49. The highest BCUT2D eigenvalue weighted by Gasteiger charge is 2.16. The highest BCUT2D eigenvalue weighted by atomic mass is 32.1. The van der Waals surface area contributed by atoms with Crippen molar-refractivity contribution in [2.24, 2.45) is 0 Å². The molecule has 8 heteroatoms. The summed E-state index contributed by atoms with van der Waals surface area (Å²) in [6.45, 7) is 5.64. The van der Waals surface area contributed by atoms with Gasteiger partial charge in [0.05, 0.1) is 28.8 Å². The zero-order valence-corrected chi connectivity index (χ0v) is 16.1. The molecule has 4 rings (SSSR count). The Kier molecular flexibility index (Phi) is 4.27. The molecule has 138 valence electrons. The van der Waals surface area contributed by atoms with E-state index in [1.165, 1.54) is 22.2 Å². The van der Waals surface area contributed by atoms with Gasteiger partial charge in [0.25, 0.3) is 5.56 Å². The van der Waals surface area contributed by atoms with Crippen LogP contribution in [0.4, 0.5) is 0 Å². The van der Waals surface area contributed by atoms with Crippen molar-refractivity contribution in [1.82, 2.24) is 24.8 Å². The summed E-state index contributed by atoms with van der Waals surface area (Å²) in [7, 11) is 0. The van der Waals surface area contributed by atoms with Crippen molar-refractivity contribution in [3.05, 3.63) is 57.2 Å². The highest BCUT2D eigenvalue weighted by molar-refractivity contribution is 7.18. The molecule has 0 aliphatic rings. The van der Waals surface area contributed by atoms with Gasteiger partial charge in [-0.1, -0.05) is 12.1 Å². The molecule has 27 heavy (non-hydrogen) atoms. The number of aromatic amines is 1. The molecule has 1 aromatic carbocycles. The summed E-state index contributed by atoms with van der Waals surface area (Å²) in [5.74, 6) is 0.408. The number of carbonyl (C=O) groups excluding carboxylic acids is 1. The fourth-order valence-corrected chi connectivity index (χ4v) is 4.06. The van der Waals surface area contributed by atoms with Gasteiger partial charge in [0.15, 0.2) is 0 Å². The predicted molar refractivity (Wildman–Crippen MR) is 106 cm³/mol. The zero-order chi connectivity index (χ0) is 19.1. The molecular formula is C19H19N5O2S. The second-order valence-electron chi connectivity index (χ2n) is 6.57. The van der Waals surface area contributed by atoms with Crippen LogP contribution in [-0.2, 0) is 11.3 Å². The smallest absolute Gasteiger partial charge is 0.262 e. The van der Waals surface area contributed by atoms with E-state index in [1.54, 1.807) is 0 Å². The van der Waals surface area contributed by atoms with Gasteiger partial charge < -0.3 is 10.3 Å². The van der Waals surface area contributed by atoms with Gasteiger partial charge in [-0.2, -0.15) is 0 Å². The van der Waals surface area contributed by atoms with E-state index < -0.39 is 0 Å². The number of nitrogens with zero attached hydrogens (tertiary/aromatic N) is 3. The summed E-state index contributed by atoms with van der Waals surface area (Å²) < 4.78 is 1.35. The van der Waals surface area contributed by atoms with Gasteiger partial charge in [0, 0.05) is 4.88 Å².